The van der Waals surface area contributed by atoms with E-state index in [2.05, 4.69) is 16.3 Å². The first-order valence-corrected chi connectivity index (χ1v) is 9.42. The van der Waals surface area contributed by atoms with Crippen LogP contribution in [0.25, 0.3) is 0 Å². The Balaban J connectivity index is 1.51. The number of likely N-dealkylation sites (tertiary alicyclic amines) is 1. The molecule has 2 aliphatic rings. The number of nitriles is 1. The van der Waals surface area contributed by atoms with Crippen molar-refractivity contribution in [2.75, 3.05) is 31.1 Å². The lowest BCUT2D eigenvalue weighted by Crippen LogP contribution is -2.46. The lowest BCUT2D eigenvalue weighted by Gasteiger charge is -2.32. The topological polar surface area (TPSA) is 76.4 Å². The SMILES string of the molecule is N#CCCN(C(=O)CN1CCC(C(=O)NC2CC2)CC1)c1ccccc1. The number of piperidine rings is 1. The van der Waals surface area contributed by atoms with Crippen LogP contribution in [0, 0.1) is 17.2 Å². The lowest BCUT2D eigenvalue weighted by atomic mass is 9.96. The maximum absolute atomic E-state index is 12.8. The van der Waals surface area contributed by atoms with Crippen LogP contribution in [0.4, 0.5) is 5.69 Å². The molecule has 138 valence electrons. The van der Waals surface area contributed by atoms with Gasteiger partial charge in [0.15, 0.2) is 0 Å². The molecule has 26 heavy (non-hydrogen) atoms. The molecule has 0 aromatic heterocycles. The highest BCUT2D eigenvalue weighted by Crippen LogP contribution is 2.23. The molecule has 1 aliphatic carbocycles. The minimum atomic E-state index is 0.00679. The lowest BCUT2D eigenvalue weighted by molar-refractivity contribution is -0.126. The number of para-hydroxylation sites is 1. The Hall–Kier alpha value is -2.39. The van der Waals surface area contributed by atoms with Crippen molar-refractivity contribution < 1.29 is 9.59 Å². The van der Waals surface area contributed by atoms with Gasteiger partial charge in [-0.1, -0.05) is 18.2 Å². The highest BCUT2D eigenvalue weighted by Gasteiger charge is 2.30. The molecule has 1 heterocycles. The molecule has 2 fully saturated rings. The van der Waals surface area contributed by atoms with Crippen LogP contribution in [-0.4, -0.2) is 48.9 Å². The Bertz CT molecular complexity index is 658. The number of hydrogen-bond donors (Lipinski definition) is 1. The largest absolute Gasteiger partial charge is 0.353 e. The molecule has 0 atom stereocenters. The summed E-state index contributed by atoms with van der Waals surface area (Å²) in [5, 5.41) is 12.0. The molecule has 1 saturated heterocycles. The van der Waals surface area contributed by atoms with Crippen molar-refractivity contribution in [3.63, 3.8) is 0 Å². The molecule has 3 rings (SSSR count). The number of rotatable bonds is 7. The van der Waals surface area contributed by atoms with Gasteiger partial charge in [-0.15, -0.1) is 0 Å². The summed E-state index contributed by atoms with van der Waals surface area (Å²) in [6, 6.07) is 12.0. The minimum absolute atomic E-state index is 0.00679. The molecule has 1 aromatic carbocycles. The number of nitrogens with zero attached hydrogens (tertiary/aromatic N) is 3. The first kappa shape index (κ1) is 18.4. The average molecular weight is 354 g/mol. The average Bonchev–Trinajstić information content (AvgIpc) is 3.47. The molecular formula is C20H26N4O2. The first-order chi connectivity index (χ1) is 12.7. The fourth-order valence-electron chi connectivity index (χ4n) is 3.34. The molecule has 6 heteroatoms. The van der Waals surface area contributed by atoms with Gasteiger partial charge < -0.3 is 10.2 Å². The zero-order chi connectivity index (χ0) is 18.4. The Morgan fingerprint density at radius 3 is 2.46 bits per heavy atom. The highest BCUT2D eigenvalue weighted by molar-refractivity contribution is 5.94. The van der Waals surface area contributed by atoms with Crippen molar-refractivity contribution in [2.45, 2.75) is 38.1 Å². The number of amides is 2. The van der Waals surface area contributed by atoms with Gasteiger partial charge in [0.05, 0.1) is 19.0 Å². The fourth-order valence-corrected chi connectivity index (χ4v) is 3.34. The third kappa shape index (κ3) is 5.06. The number of carbonyl (C=O) groups is 2. The maximum Gasteiger partial charge on any atom is 0.241 e. The second-order valence-electron chi connectivity index (χ2n) is 7.12. The van der Waals surface area contributed by atoms with Gasteiger partial charge in [0.2, 0.25) is 11.8 Å². The van der Waals surface area contributed by atoms with E-state index in [1.54, 1.807) is 4.90 Å². The second kappa shape index (κ2) is 8.81. The number of hydrogen-bond acceptors (Lipinski definition) is 4. The Morgan fingerprint density at radius 1 is 1.15 bits per heavy atom. The van der Waals surface area contributed by atoms with Crippen LogP contribution in [0.3, 0.4) is 0 Å². The van der Waals surface area contributed by atoms with E-state index >= 15 is 0 Å². The maximum atomic E-state index is 12.8. The normalized spacial score (nSPS) is 18.1. The third-order valence-electron chi connectivity index (χ3n) is 5.06. The van der Waals surface area contributed by atoms with Gasteiger partial charge in [0.1, 0.15) is 0 Å². The van der Waals surface area contributed by atoms with Crippen molar-refractivity contribution in [1.29, 1.82) is 5.26 Å². The van der Waals surface area contributed by atoms with E-state index in [1.807, 2.05) is 30.3 Å². The Labute approximate surface area is 154 Å². The van der Waals surface area contributed by atoms with Gasteiger partial charge in [-0.2, -0.15) is 5.26 Å². The van der Waals surface area contributed by atoms with Gasteiger partial charge in [-0.3, -0.25) is 14.5 Å². The summed E-state index contributed by atoms with van der Waals surface area (Å²) in [5.41, 5.74) is 0.825. The standard InChI is InChI=1S/C20H26N4O2/c21-11-4-12-24(18-5-2-1-3-6-18)19(25)15-23-13-9-16(10-14-23)20(26)22-17-7-8-17/h1-3,5-6,16-17H,4,7-10,12-15H2,(H,22,26). The smallest absolute Gasteiger partial charge is 0.241 e. The van der Waals surface area contributed by atoms with Gasteiger partial charge in [-0.05, 0) is 50.9 Å². The van der Waals surface area contributed by atoms with E-state index in [9.17, 15) is 9.59 Å². The van der Waals surface area contributed by atoms with Crippen LogP contribution < -0.4 is 10.2 Å². The molecule has 1 aliphatic heterocycles. The minimum Gasteiger partial charge on any atom is -0.353 e. The third-order valence-corrected chi connectivity index (χ3v) is 5.06. The van der Waals surface area contributed by atoms with Crippen molar-refractivity contribution in [3.05, 3.63) is 30.3 Å². The van der Waals surface area contributed by atoms with Gasteiger partial charge in [0.25, 0.3) is 0 Å². The van der Waals surface area contributed by atoms with Crippen LogP contribution in [0.15, 0.2) is 30.3 Å². The van der Waals surface area contributed by atoms with Crippen LogP contribution >= 0.6 is 0 Å². The predicted octanol–water partition coefficient (Wildman–Crippen LogP) is 1.92. The van der Waals surface area contributed by atoms with Crippen LogP contribution in [0.5, 0.6) is 0 Å². The Morgan fingerprint density at radius 2 is 1.85 bits per heavy atom. The van der Waals surface area contributed by atoms with E-state index < -0.39 is 0 Å². The van der Waals surface area contributed by atoms with Crippen LogP contribution in [-0.2, 0) is 9.59 Å². The monoisotopic (exact) mass is 354 g/mol. The number of benzene rings is 1. The van der Waals surface area contributed by atoms with E-state index in [-0.39, 0.29) is 17.7 Å². The summed E-state index contributed by atoms with van der Waals surface area (Å²) in [6.07, 6.45) is 4.13. The molecule has 6 nitrogen and oxygen atoms in total. The molecule has 0 unspecified atom stereocenters. The molecule has 1 saturated carbocycles. The molecule has 0 bridgehead atoms. The van der Waals surface area contributed by atoms with Gasteiger partial charge in [-0.25, -0.2) is 0 Å². The van der Waals surface area contributed by atoms with Gasteiger partial charge in [0, 0.05) is 24.2 Å². The summed E-state index contributed by atoms with van der Waals surface area (Å²) >= 11 is 0. The highest BCUT2D eigenvalue weighted by atomic mass is 16.2. The summed E-state index contributed by atoms with van der Waals surface area (Å²) in [4.78, 5) is 28.7. The Kier molecular flexibility index (Phi) is 6.24. The van der Waals surface area contributed by atoms with E-state index in [0.717, 1.165) is 44.5 Å². The summed E-state index contributed by atoms with van der Waals surface area (Å²) < 4.78 is 0. The van der Waals surface area contributed by atoms with E-state index in [1.165, 1.54) is 0 Å². The van der Waals surface area contributed by atoms with Crippen LogP contribution in [0.1, 0.15) is 32.1 Å². The van der Waals surface area contributed by atoms with Crippen molar-refractivity contribution in [2.24, 2.45) is 5.92 Å². The summed E-state index contributed by atoms with van der Waals surface area (Å²) in [6.45, 7) is 2.25. The molecule has 0 radical (unpaired) electrons. The quantitative estimate of drug-likeness (QED) is 0.812. The van der Waals surface area contributed by atoms with E-state index in [0.29, 0.717) is 25.6 Å². The van der Waals surface area contributed by atoms with Crippen molar-refractivity contribution in [3.8, 4) is 6.07 Å². The number of nitrogens with one attached hydrogen (secondary N) is 1. The molecule has 1 aromatic rings. The summed E-state index contributed by atoms with van der Waals surface area (Å²) in [5.74, 6) is 0.261. The zero-order valence-electron chi connectivity index (χ0n) is 15.1. The zero-order valence-corrected chi connectivity index (χ0v) is 15.1. The first-order valence-electron chi connectivity index (χ1n) is 9.42. The molecule has 2 amide bonds. The van der Waals surface area contributed by atoms with Crippen molar-refractivity contribution in [1.82, 2.24) is 10.2 Å². The number of carbonyl (C=O) groups excluding carboxylic acids is 2. The predicted molar refractivity (Wildman–Crippen MR) is 99.4 cm³/mol. The molecule has 1 N–H and O–H groups in total. The van der Waals surface area contributed by atoms with Crippen molar-refractivity contribution >= 4 is 17.5 Å². The summed E-state index contributed by atoms with van der Waals surface area (Å²) in [7, 11) is 0. The van der Waals surface area contributed by atoms with E-state index in [4.69, 9.17) is 5.26 Å². The molecule has 0 spiro atoms. The van der Waals surface area contributed by atoms with Crippen LogP contribution in [0.2, 0.25) is 0 Å². The van der Waals surface area contributed by atoms with Gasteiger partial charge >= 0.3 is 0 Å². The fraction of sp³-hybridized carbons (Fsp3) is 0.550. The molecular weight excluding hydrogens is 328 g/mol. The number of anilines is 1. The second-order valence-corrected chi connectivity index (χ2v) is 7.12.